The molecule has 4 nitrogen and oxygen atoms in total. The number of hydrogen-bond acceptors (Lipinski definition) is 4. The molecule has 0 unspecified atom stereocenters. The Balaban J connectivity index is 2.33. The van der Waals surface area contributed by atoms with Crippen LogP contribution >= 0.6 is 26.6 Å². The Morgan fingerprint density at radius 2 is 1.95 bits per heavy atom. The molecule has 2 rings (SSSR count). The maximum absolute atomic E-state index is 13.8. The highest BCUT2D eigenvalue weighted by atomic mass is 79.9. The molecular formula is C12H11BrClFO4S. The summed E-state index contributed by atoms with van der Waals surface area (Å²) in [6, 6.07) is 1.78. The fourth-order valence-electron chi connectivity index (χ4n) is 2.09. The molecule has 1 aromatic rings. The zero-order valence-electron chi connectivity index (χ0n) is 10.2. The number of carbonyl (C=O) groups excluding carboxylic acids is 1. The fraction of sp³-hybridized carbons (Fsp3) is 0.417. The first kappa shape index (κ1) is 15.7. The van der Waals surface area contributed by atoms with Crippen molar-refractivity contribution in [2.24, 2.45) is 0 Å². The van der Waals surface area contributed by atoms with Crippen LogP contribution in [0.4, 0.5) is 4.39 Å². The number of carbonyl (C=O) groups is 1. The van der Waals surface area contributed by atoms with Crippen LogP contribution in [0, 0.1) is 5.82 Å². The van der Waals surface area contributed by atoms with Gasteiger partial charge in [0.15, 0.2) is 0 Å². The van der Waals surface area contributed by atoms with Crippen LogP contribution < -0.4 is 0 Å². The first-order valence-electron chi connectivity index (χ1n) is 5.93. The van der Waals surface area contributed by atoms with Gasteiger partial charge in [0.05, 0.1) is 10.5 Å². The Morgan fingerprint density at radius 3 is 2.50 bits per heavy atom. The van der Waals surface area contributed by atoms with E-state index in [1.54, 1.807) is 0 Å². The van der Waals surface area contributed by atoms with E-state index in [-0.39, 0.29) is 15.5 Å². The highest BCUT2D eigenvalue weighted by Crippen LogP contribution is 2.29. The molecule has 0 heterocycles. The number of esters is 1. The summed E-state index contributed by atoms with van der Waals surface area (Å²) in [7, 11) is 1.15. The minimum absolute atomic E-state index is 0.0394. The van der Waals surface area contributed by atoms with Gasteiger partial charge in [-0.3, -0.25) is 0 Å². The van der Waals surface area contributed by atoms with Crippen molar-refractivity contribution in [3.63, 3.8) is 0 Å². The lowest BCUT2D eigenvalue weighted by molar-refractivity contribution is 0.0312. The third-order valence-corrected chi connectivity index (χ3v) is 5.36. The fourth-order valence-corrected chi connectivity index (χ4v) is 4.26. The van der Waals surface area contributed by atoms with Gasteiger partial charge in [0.1, 0.15) is 11.9 Å². The van der Waals surface area contributed by atoms with Gasteiger partial charge in [0.25, 0.3) is 9.05 Å². The summed E-state index contributed by atoms with van der Waals surface area (Å²) in [4.78, 5) is 11.5. The summed E-state index contributed by atoms with van der Waals surface area (Å²) in [5.41, 5.74) is -0.431. The van der Waals surface area contributed by atoms with Crippen molar-refractivity contribution in [3.05, 3.63) is 28.0 Å². The van der Waals surface area contributed by atoms with Crippen LogP contribution in [0.15, 0.2) is 21.5 Å². The largest absolute Gasteiger partial charge is 0.459 e. The highest BCUT2D eigenvalue weighted by Gasteiger charge is 2.25. The van der Waals surface area contributed by atoms with E-state index in [1.165, 1.54) is 0 Å². The molecule has 0 spiro atoms. The maximum Gasteiger partial charge on any atom is 0.341 e. The number of rotatable bonds is 3. The normalized spacial score (nSPS) is 16.4. The van der Waals surface area contributed by atoms with E-state index in [9.17, 15) is 17.6 Å². The van der Waals surface area contributed by atoms with E-state index in [1.807, 2.05) is 0 Å². The Labute approximate surface area is 128 Å². The van der Waals surface area contributed by atoms with Crippen molar-refractivity contribution in [3.8, 4) is 0 Å². The van der Waals surface area contributed by atoms with Crippen molar-refractivity contribution in [1.82, 2.24) is 0 Å². The van der Waals surface area contributed by atoms with Crippen LogP contribution in [0.25, 0.3) is 0 Å². The van der Waals surface area contributed by atoms with E-state index in [4.69, 9.17) is 15.4 Å². The number of halogens is 3. The van der Waals surface area contributed by atoms with Gasteiger partial charge in [-0.15, -0.1) is 0 Å². The molecule has 1 aliphatic rings. The van der Waals surface area contributed by atoms with E-state index < -0.39 is 26.4 Å². The zero-order valence-corrected chi connectivity index (χ0v) is 13.4. The van der Waals surface area contributed by atoms with Crippen molar-refractivity contribution in [1.29, 1.82) is 0 Å². The minimum atomic E-state index is -4.08. The maximum atomic E-state index is 13.8. The molecule has 0 amide bonds. The third kappa shape index (κ3) is 3.51. The first-order valence-corrected chi connectivity index (χ1v) is 9.04. The molecule has 20 heavy (non-hydrogen) atoms. The summed E-state index contributed by atoms with van der Waals surface area (Å²) in [6.07, 6.45) is 3.17. The Morgan fingerprint density at radius 1 is 1.35 bits per heavy atom. The van der Waals surface area contributed by atoms with Crippen LogP contribution in [0.3, 0.4) is 0 Å². The smallest absolute Gasteiger partial charge is 0.341 e. The van der Waals surface area contributed by atoms with Gasteiger partial charge in [0.2, 0.25) is 0 Å². The summed E-state index contributed by atoms with van der Waals surface area (Å²) < 4.78 is 41.6. The van der Waals surface area contributed by atoms with Crippen LogP contribution in [-0.2, 0) is 13.8 Å². The highest BCUT2D eigenvalue weighted by molar-refractivity contribution is 9.10. The van der Waals surface area contributed by atoms with Gasteiger partial charge in [-0.05, 0) is 53.7 Å². The molecule has 8 heteroatoms. The molecule has 1 saturated carbocycles. The molecule has 1 fully saturated rings. The molecule has 1 aromatic carbocycles. The lowest BCUT2D eigenvalue weighted by Gasteiger charge is -2.12. The number of hydrogen-bond donors (Lipinski definition) is 0. The predicted octanol–water partition coefficient (Wildman–Crippen LogP) is 3.62. The standard InChI is InChI=1S/C12H11BrClFO4S/c13-9-6-10(15)8(5-11(9)20(14,17)18)12(16)19-7-3-1-2-4-7/h5-7H,1-4H2. The summed E-state index contributed by atoms with van der Waals surface area (Å²) in [5.74, 6) is -1.73. The topological polar surface area (TPSA) is 60.4 Å². The quantitative estimate of drug-likeness (QED) is 0.589. The lowest BCUT2D eigenvalue weighted by Crippen LogP contribution is -2.16. The monoisotopic (exact) mass is 384 g/mol. The SMILES string of the molecule is O=C(OC1CCCC1)c1cc(S(=O)(=O)Cl)c(Br)cc1F. The molecule has 110 valence electrons. The van der Waals surface area contributed by atoms with Gasteiger partial charge in [0, 0.05) is 15.2 Å². The van der Waals surface area contributed by atoms with Crippen molar-refractivity contribution in [2.75, 3.05) is 0 Å². The summed E-state index contributed by atoms with van der Waals surface area (Å²) in [5, 5.41) is 0. The molecule has 0 saturated heterocycles. The lowest BCUT2D eigenvalue weighted by atomic mass is 10.2. The van der Waals surface area contributed by atoms with Crippen LogP contribution in [0.5, 0.6) is 0 Å². The van der Waals surface area contributed by atoms with Crippen molar-refractivity contribution < 1.29 is 22.3 Å². The van der Waals surface area contributed by atoms with Crippen LogP contribution in [0.2, 0.25) is 0 Å². The van der Waals surface area contributed by atoms with E-state index in [0.29, 0.717) is 0 Å². The van der Waals surface area contributed by atoms with E-state index in [0.717, 1.165) is 37.8 Å². The first-order chi connectivity index (χ1) is 9.29. The second-order valence-electron chi connectivity index (χ2n) is 4.51. The number of ether oxygens (including phenoxy) is 1. The van der Waals surface area contributed by atoms with Gasteiger partial charge in [-0.25, -0.2) is 17.6 Å². The molecule has 0 aliphatic heterocycles. The zero-order chi connectivity index (χ0) is 14.9. The Kier molecular flexibility index (Phi) is 4.71. The van der Waals surface area contributed by atoms with Crippen LogP contribution in [-0.4, -0.2) is 20.5 Å². The summed E-state index contributed by atoms with van der Waals surface area (Å²) >= 11 is 2.90. The van der Waals surface area contributed by atoms with Gasteiger partial charge < -0.3 is 4.74 Å². The number of benzene rings is 1. The van der Waals surface area contributed by atoms with Crippen LogP contribution in [0.1, 0.15) is 36.0 Å². The van der Waals surface area contributed by atoms with Crippen molar-refractivity contribution >= 4 is 41.6 Å². The molecule has 1 aliphatic carbocycles. The summed E-state index contributed by atoms with van der Waals surface area (Å²) in [6.45, 7) is 0. The second kappa shape index (κ2) is 5.99. The minimum Gasteiger partial charge on any atom is -0.459 e. The Bertz CT molecular complexity index is 641. The van der Waals surface area contributed by atoms with Gasteiger partial charge in [-0.1, -0.05) is 0 Å². The van der Waals surface area contributed by atoms with Gasteiger partial charge in [-0.2, -0.15) is 0 Å². The predicted molar refractivity (Wildman–Crippen MR) is 74.8 cm³/mol. The van der Waals surface area contributed by atoms with E-state index in [2.05, 4.69) is 15.9 Å². The molecular weight excluding hydrogens is 375 g/mol. The molecule has 0 bridgehead atoms. The van der Waals surface area contributed by atoms with E-state index >= 15 is 0 Å². The third-order valence-electron chi connectivity index (χ3n) is 3.08. The van der Waals surface area contributed by atoms with Gasteiger partial charge >= 0.3 is 5.97 Å². The Hall–Kier alpha value is -0.660. The van der Waals surface area contributed by atoms with Crippen molar-refractivity contribution in [2.45, 2.75) is 36.7 Å². The molecule has 0 aromatic heterocycles. The molecule has 0 N–H and O–H groups in total. The average molecular weight is 386 g/mol. The molecule has 0 radical (unpaired) electrons. The molecule has 0 atom stereocenters. The average Bonchev–Trinajstić information content (AvgIpc) is 2.79. The second-order valence-corrected chi connectivity index (χ2v) is 7.90.